The number of nitrogens with zero attached hydrogens (tertiary/aromatic N) is 1. The zero-order valence-electron chi connectivity index (χ0n) is 12.1. The van der Waals surface area contributed by atoms with Crippen molar-refractivity contribution in [3.63, 3.8) is 0 Å². The van der Waals surface area contributed by atoms with Crippen LogP contribution >= 0.6 is 23.6 Å². The van der Waals surface area contributed by atoms with Gasteiger partial charge in [0.25, 0.3) is 5.91 Å². The van der Waals surface area contributed by atoms with Gasteiger partial charge in [-0.05, 0) is 43.7 Å². The zero-order valence-corrected chi connectivity index (χ0v) is 13.7. The summed E-state index contributed by atoms with van der Waals surface area (Å²) in [6.07, 6.45) is 5.46. The molecule has 0 spiro atoms. The molecule has 1 amide bonds. The number of carbonyl (C=O) groups excluding carboxylic acids is 1. The summed E-state index contributed by atoms with van der Waals surface area (Å²) < 4.78 is 0. The lowest BCUT2D eigenvalue weighted by atomic mass is 10.0. The molecule has 2 aliphatic rings. The van der Waals surface area contributed by atoms with E-state index >= 15 is 0 Å². The third kappa shape index (κ3) is 3.62. The molecule has 2 heterocycles. The average molecular weight is 323 g/mol. The van der Waals surface area contributed by atoms with Gasteiger partial charge in [-0.25, -0.2) is 0 Å². The second-order valence-corrected chi connectivity index (χ2v) is 7.56. The molecule has 3 rings (SSSR count). The van der Waals surface area contributed by atoms with E-state index in [1.165, 1.54) is 16.9 Å². The fourth-order valence-corrected chi connectivity index (χ4v) is 4.49. The molecule has 1 fully saturated rings. The minimum Gasteiger partial charge on any atom is -0.392 e. The molecule has 0 radical (unpaired) electrons. The van der Waals surface area contributed by atoms with Gasteiger partial charge in [0.2, 0.25) is 0 Å². The van der Waals surface area contributed by atoms with Gasteiger partial charge in [-0.3, -0.25) is 9.69 Å². The van der Waals surface area contributed by atoms with E-state index in [1.54, 1.807) is 11.3 Å². The molecule has 0 atom stereocenters. The summed E-state index contributed by atoms with van der Waals surface area (Å²) in [7, 11) is 0. The fraction of sp³-hybridized carbons (Fsp3) is 0.600. The summed E-state index contributed by atoms with van der Waals surface area (Å²) in [6, 6.07) is 2.36. The number of piperidine rings is 1. The van der Waals surface area contributed by atoms with Gasteiger partial charge in [-0.15, -0.1) is 11.3 Å². The first-order valence-electron chi connectivity index (χ1n) is 7.55. The largest absolute Gasteiger partial charge is 0.392 e. The molecule has 6 heteroatoms. The Labute approximate surface area is 134 Å². The zero-order chi connectivity index (χ0) is 14.8. The molecule has 1 aromatic heterocycles. The standard InChI is InChI=1S/C15H21N3OS2/c16-14(20)9-18-6-4-11(5-7-18)17-15(19)13-8-10-2-1-3-12(10)21-13/h8,11H,1-7,9H2,(H2,16,20)(H,17,19). The van der Waals surface area contributed by atoms with Gasteiger partial charge in [0, 0.05) is 30.6 Å². The highest BCUT2D eigenvalue weighted by molar-refractivity contribution is 7.80. The molecular formula is C15H21N3OS2. The topological polar surface area (TPSA) is 58.4 Å². The number of thiophene rings is 1. The number of rotatable bonds is 4. The molecule has 1 aromatic rings. The first-order chi connectivity index (χ1) is 10.1. The van der Waals surface area contributed by atoms with E-state index in [2.05, 4.69) is 16.3 Å². The number of thiocarbonyl (C=S) groups is 1. The van der Waals surface area contributed by atoms with E-state index in [4.69, 9.17) is 18.0 Å². The lowest BCUT2D eigenvalue weighted by molar-refractivity contribution is 0.0919. The molecule has 0 bridgehead atoms. The molecule has 4 nitrogen and oxygen atoms in total. The summed E-state index contributed by atoms with van der Waals surface area (Å²) >= 11 is 6.61. The van der Waals surface area contributed by atoms with E-state index in [-0.39, 0.29) is 11.9 Å². The molecule has 0 saturated carbocycles. The quantitative estimate of drug-likeness (QED) is 0.829. The Morgan fingerprint density at radius 2 is 2.19 bits per heavy atom. The number of likely N-dealkylation sites (tertiary alicyclic amines) is 1. The molecule has 21 heavy (non-hydrogen) atoms. The van der Waals surface area contributed by atoms with Crippen molar-refractivity contribution in [1.29, 1.82) is 0 Å². The first-order valence-corrected chi connectivity index (χ1v) is 8.77. The smallest absolute Gasteiger partial charge is 0.261 e. The number of fused-ring (bicyclic) bond motifs is 1. The average Bonchev–Trinajstić information content (AvgIpc) is 3.01. The van der Waals surface area contributed by atoms with E-state index in [1.807, 2.05) is 0 Å². The number of amides is 1. The summed E-state index contributed by atoms with van der Waals surface area (Å²) in [5, 5.41) is 3.18. The number of nitrogens with two attached hydrogens (primary N) is 1. The van der Waals surface area contributed by atoms with E-state index in [0.717, 1.165) is 43.6 Å². The minimum atomic E-state index is 0.0993. The normalized spacial score (nSPS) is 19.4. The SMILES string of the molecule is NC(=S)CN1CCC(NC(=O)c2cc3c(s2)CCC3)CC1. The second-order valence-electron chi connectivity index (χ2n) is 5.90. The highest BCUT2D eigenvalue weighted by Crippen LogP contribution is 2.30. The van der Waals surface area contributed by atoms with Crippen molar-refractivity contribution in [2.45, 2.75) is 38.1 Å². The summed E-state index contributed by atoms with van der Waals surface area (Å²) in [6.45, 7) is 2.58. The van der Waals surface area contributed by atoms with Crippen LogP contribution in [0.2, 0.25) is 0 Å². The maximum atomic E-state index is 12.3. The molecule has 3 N–H and O–H groups in total. The summed E-state index contributed by atoms with van der Waals surface area (Å²) in [5.74, 6) is 0.0993. The van der Waals surface area contributed by atoms with Crippen molar-refractivity contribution in [2.75, 3.05) is 19.6 Å². The lowest BCUT2D eigenvalue weighted by Crippen LogP contribution is -2.46. The Morgan fingerprint density at radius 1 is 1.43 bits per heavy atom. The van der Waals surface area contributed by atoms with Crippen molar-refractivity contribution < 1.29 is 4.79 Å². The van der Waals surface area contributed by atoms with Gasteiger partial charge in [0.05, 0.1) is 9.87 Å². The Kier molecular flexibility index (Phi) is 4.57. The van der Waals surface area contributed by atoms with Crippen LogP contribution in [0.15, 0.2) is 6.07 Å². The van der Waals surface area contributed by atoms with Gasteiger partial charge in [-0.2, -0.15) is 0 Å². The van der Waals surface area contributed by atoms with Gasteiger partial charge in [-0.1, -0.05) is 12.2 Å². The molecule has 114 valence electrons. The lowest BCUT2D eigenvalue weighted by Gasteiger charge is -2.31. The number of aryl methyl sites for hydroxylation is 2. The Morgan fingerprint density at radius 3 is 2.86 bits per heavy atom. The summed E-state index contributed by atoms with van der Waals surface area (Å²) in [5.41, 5.74) is 6.96. The van der Waals surface area contributed by atoms with Gasteiger partial charge in [0.1, 0.15) is 0 Å². The van der Waals surface area contributed by atoms with Crippen LogP contribution in [0.25, 0.3) is 0 Å². The Balaban J connectivity index is 1.50. The van der Waals surface area contributed by atoms with Crippen LogP contribution in [0.3, 0.4) is 0 Å². The van der Waals surface area contributed by atoms with Crippen LogP contribution in [0.4, 0.5) is 0 Å². The molecule has 1 saturated heterocycles. The highest BCUT2D eigenvalue weighted by atomic mass is 32.1. The van der Waals surface area contributed by atoms with Gasteiger partial charge in [0.15, 0.2) is 0 Å². The molecule has 1 aliphatic heterocycles. The van der Waals surface area contributed by atoms with Crippen molar-refractivity contribution >= 4 is 34.5 Å². The van der Waals surface area contributed by atoms with Crippen molar-refractivity contribution in [1.82, 2.24) is 10.2 Å². The number of hydrogen-bond donors (Lipinski definition) is 2. The predicted octanol–water partition coefficient (Wildman–Crippen LogP) is 1.72. The van der Waals surface area contributed by atoms with E-state index < -0.39 is 0 Å². The third-order valence-electron chi connectivity index (χ3n) is 4.27. The number of nitrogens with one attached hydrogen (secondary N) is 1. The van der Waals surface area contributed by atoms with Crippen LogP contribution in [0, 0.1) is 0 Å². The van der Waals surface area contributed by atoms with Crippen LogP contribution < -0.4 is 11.1 Å². The number of carbonyl (C=O) groups is 1. The van der Waals surface area contributed by atoms with Crippen LogP contribution in [0.1, 0.15) is 39.4 Å². The van der Waals surface area contributed by atoms with E-state index in [0.29, 0.717) is 11.5 Å². The Hall–Kier alpha value is -0.980. The fourth-order valence-electron chi connectivity index (χ4n) is 3.15. The third-order valence-corrected chi connectivity index (χ3v) is 5.64. The molecular weight excluding hydrogens is 302 g/mol. The molecule has 0 unspecified atom stereocenters. The maximum Gasteiger partial charge on any atom is 0.261 e. The highest BCUT2D eigenvalue weighted by Gasteiger charge is 2.23. The second kappa shape index (κ2) is 6.42. The monoisotopic (exact) mass is 323 g/mol. The predicted molar refractivity (Wildman–Crippen MR) is 90.1 cm³/mol. The summed E-state index contributed by atoms with van der Waals surface area (Å²) in [4.78, 5) is 17.4. The van der Waals surface area contributed by atoms with Crippen molar-refractivity contribution in [3.8, 4) is 0 Å². The van der Waals surface area contributed by atoms with Gasteiger partial charge >= 0.3 is 0 Å². The van der Waals surface area contributed by atoms with E-state index in [9.17, 15) is 4.79 Å². The minimum absolute atomic E-state index is 0.0993. The first kappa shape index (κ1) is 14.9. The van der Waals surface area contributed by atoms with Crippen molar-refractivity contribution in [2.24, 2.45) is 5.73 Å². The maximum absolute atomic E-state index is 12.3. The molecule has 0 aromatic carbocycles. The van der Waals surface area contributed by atoms with Gasteiger partial charge < -0.3 is 11.1 Å². The van der Waals surface area contributed by atoms with Crippen LogP contribution in [-0.2, 0) is 12.8 Å². The van der Waals surface area contributed by atoms with Crippen LogP contribution in [-0.4, -0.2) is 41.5 Å². The van der Waals surface area contributed by atoms with Crippen LogP contribution in [0.5, 0.6) is 0 Å². The number of hydrogen-bond acceptors (Lipinski definition) is 4. The Bertz CT molecular complexity index is 526. The molecule has 1 aliphatic carbocycles. The van der Waals surface area contributed by atoms with Crippen molar-refractivity contribution in [3.05, 3.63) is 21.4 Å².